The molecule has 1 atom stereocenters. The number of hydrogen-bond acceptors (Lipinski definition) is 5. The van der Waals surface area contributed by atoms with E-state index in [0.29, 0.717) is 0 Å². The summed E-state index contributed by atoms with van der Waals surface area (Å²) in [7, 11) is 0. The molecular weight excluding hydrogens is 298 g/mol. The minimum Gasteiger partial charge on any atom is -0.478 e. The summed E-state index contributed by atoms with van der Waals surface area (Å²) in [6, 6.07) is 15.4. The molecule has 0 amide bonds. The summed E-state index contributed by atoms with van der Waals surface area (Å²) < 4.78 is 4.97. The highest BCUT2D eigenvalue weighted by molar-refractivity contribution is 6.01. The van der Waals surface area contributed by atoms with Gasteiger partial charge in [-0.15, -0.1) is 0 Å². The lowest BCUT2D eigenvalue weighted by molar-refractivity contribution is -0.179. The van der Waals surface area contributed by atoms with Crippen molar-refractivity contribution in [2.75, 3.05) is 6.61 Å². The number of rotatable bonds is 4. The van der Waals surface area contributed by atoms with E-state index in [1.807, 2.05) is 48.5 Å². The lowest BCUT2D eigenvalue weighted by atomic mass is 9.98. The normalized spacial score (nSPS) is 15.4. The van der Waals surface area contributed by atoms with Gasteiger partial charge in [-0.2, -0.15) is 0 Å². The Bertz CT molecular complexity index is 739. The van der Waals surface area contributed by atoms with Crippen LogP contribution >= 0.6 is 0 Å². The Morgan fingerprint density at radius 1 is 1.04 bits per heavy atom. The fourth-order valence-corrected chi connectivity index (χ4v) is 2.80. The average molecular weight is 313 g/mol. The molecule has 0 aliphatic heterocycles. The van der Waals surface area contributed by atoms with Crippen molar-refractivity contribution in [3.05, 3.63) is 59.7 Å². The van der Waals surface area contributed by atoms with Crippen LogP contribution in [0.1, 0.15) is 17.0 Å². The van der Waals surface area contributed by atoms with Gasteiger partial charge in [0.05, 0.1) is 0 Å². The number of nitrogens with two attached hydrogens (primary N) is 1. The van der Waals surface area contributed by atoms with Crippen molar-refractivity contribution in [2.24, 2.45) is 5.73 Å². The van der Waals surface area contributed by atoms with Gasteiger partial charge >= 0.3 is 17.7 Å². The Hall–Kier alpha value is -2.70. The van der Waals surface area contributed by atoms with Crippen molar-refractivity contribution in [1.29, 1.82) is 0 Å². The molecule has 3 rings (SSSR count). The number of carboxylic acids is 1. The molecule has 6 nitrogen and oxygen atoms in total. The van der Waals surface area contributed by atoms with Gasteiger partial charge in [-0.1, -0.05) is 48.5 Å². The molecule has 0 radical (unpaired) electrons. The number of ether oxygens (including phenoxy) is 1. The number of carboxylic acid groups (broad SMARTS) is 1. The van der Waals surface area contributed by atoms with E-state index in [2.05, 4.69) is 0 Å². The monoisotopic (exact) mass is 313 g/mol. The van der Waals surface area contributed by atoms with Crippen LogP contribution in [0.3, 0.4) is 0 Å². The van der Waals surface area contributed by atoms with Crippen LogP contribution < -0.4 is 5.73 Å². The van der Waals surface area contributed by atoms with Crippen LogP contribution in [0.4, 0.5) is 0 Å². The first kappa shape index (κ1) is 15.2. The van der Waals surface area contributed by atoms with Crippen molar-refractivity contribution < 1.29 is 24.5 Å². The number of aliphatic carboxylic acids is 1. The number of benzene rings is 2. The van der Waals surface area contributed by atoms with E-state index in [-0.39, 0.29) is 12.5 Å². The molecule has 1 aliphatic carbocycles. The van der Waals surface area contributed by atoms with Crippen LogP contribution in [-0.4, -0.2) is 34.5 Å². The molecule has 0 heterocycles. The molecular formula is C17H15NO5. The molecule has 4 N–H and O–H groups in total. The second kappa shape index (κ2) is 5.49. The molecule has 0 saturated heterocycles. The first-order valence-corrected chi connectivity index (χ1v) is 7.03. The maximum atomic E-state index is 11.7. The average Bonchev–Trinajstić information content (AvgIpc) is 2.86. The molecule has 2 aromatic rings. The second-order valence-corrected chi connectivity index (χ2v) is 5.40. The molecule has 1 aliphatic rings. The minimum absolute atomic E-state index is 0.0976. The summed E-state index contributed by atoms with van der Waals surface area (Å²) in [6.45, 7) is -0.0976. The first-order chi connectivity index (χ1) is 10.9. The predicted molar refractivity (Wildman–Crippen MR) is 81.5 cm³/mol. The quantitative estimate of drug-likeness (QED) is 0.442. The SMILES string of the molecule is NC(O)(C(=O)O)C(=O)OCC1c2ccccc2-c2ccccc21. The minimum atomic E-state index is -3.04. The summed E-state index contributed by atoms with van der Waals surface area (Å²) in [5, 5.41) is 18.2. The molecule has 0 aromatic heterocycles. The van der Waals surface area contributed by atoms with Gasteiger partial charge in [0.15, 0.2) is 0 Å². The van der Waals surface area contributed by atoms with Gasteiger partial charge in [0, 0.05) is 5.92 Å². The number of esters is 1. The third kappa shape index (κ3) is 2.48. The van der Waals surface area contributed by atoms with E-state index in [1.54, 1.807) is 0 Å². The summed E-state index contributed by atoms with van der Waals surface area (Å²) in [4.78, 5) is 22.5. The molecule has 23 heavy (non-hydrogen) atoms. The maximum absolute atomic E-state index is 11.7. The van der Waals surface area contributed by atoms with Gasteiger partial charge in [0.2, 0.25) is 0 Å². The lowest BCUT2D eigenvalue weighted by Gasteiger charge is -2.19. The molecule has 0 fully saturated rings. The van der Waals surface area contributed by atoms with E-state index in [4.69, 9.17) is 15.6 Å². The summed E-state index contributed by atoms with van der Waals surface area (Å²) >= 11 is 0. The fraction of sp³-hybridized carbons (Fsp3) is 0.176. The highest BCUT2D eigenvalue weighted by Crippen LogP contribution is 2.44. The van der Waals surface area contributed by atoms with Crippen molar-refractivity contribution in [1.82, 2.24) is 0 Å². The van der Waals surface area contributed by atoms with E-state index in [9.17, 15) is 14.7 Å². The number of fused-ring (bicyclic) bond motifs is 3. The third-order valence-corrected chi connectivity index (χ3v) is 3.98. The van der Waals surface area contributed by atoms with E-state index in [1.165, 1.54) is 0 Å². The molecule has 0 spiro atoms. The van der Waals surface area contributed by atoms with Gasteiger partial charge in [-0.25, -0.2) is 9.59 Å². The zero-order valence-electron chi connectivity index (χ0n) is 12.1. The molecule has 0 bridgehead atoms. The van der Waals surface area contributed by atoms with Crippen molar-refractivity contribution in [2.45, 2.75) is 11.6 Å². The number of aliphatic hydroxyl groups is 1. The third-order valence-electron chi connectivity index (χ3n) is 3.98. The van der Waals surface area contributed by atoms with E-state index >= 15 is 0 Å². The Labute approximate surface area is 132 Å². The van der Waals surface area contributed by atoms with Crippen LogP contribution in [-0.2, 0) is 14.3 Å². The second-order valence-electron chi connectivity index (χ2n) is 5.40. The molecule has 0 saturated carbocycles. The highest BCUT2D eigenvalue weighted by Gasteiger charge is 2.42. The van der Waals surface area contributed by atoms with E-state index in [0.717, 1.165) is 22.3 Å². The number of carbonyl (C=O) groups is 2. The zero-order valence-corrected chi connectivity index (χ0v) is 12.1. The van der Waals surface area contributed by atoms with Gasteiger partial charge in [-0.05, 0) is 22.3 Å². The van der Waals surface area contributed by atoms with Gasteiger partial charge in [0.25, 0.3) is 0 Å². The largest absolute Gasteiger partial charge is 0.478 e. The maximum Gasteiger partial charge on any atom is 0.365 e. The Balaban J connectivity index is 1.87. The first-order valence-electron chi connectivity index (χ1n) is 7.03. The van der Waals surface area contributed by atoms with Gasteiger partial charge in [-0.3, -0.25) is 5.73 Å². The number of carbonyl (C=O) groups excluding carboxylic acids is 1. The summed E-state index contributed by atoms with van der Waals surface area (Å²) in [5.41, 5.74) is 6.08. The van der Waals surface area contributed by atoms with Crippen LogP contribution in [0.2, 0.25) is 0 Å². The van der Waals surface area contributed by atoms with Gasteiger partial charge < -0.3 is 14.9 Å². The van der Waals surface area contributed by atoms with E-state index < -0.39 is 17.7 Å². The zero-order chi connectivity index (χ0) is 16.6. The smallest absolute Gasteiger partial charge is 0.365 e. The standard InChI is InChI=1S/C17H15NO5/c18-17(22,15(19)20)16(21)23-9-14-12-7-3-1-5-10(12)11-6-2-4-8-13(11)14/h1-8,14,22H,9,18H2,(H,19,20). The molecule has 1 unspecified atom stereocenters. The summed E-state index contributed by atoms with van der Waals surface area (Å²) in [6.07, 6.45) is 0. The predicted octanol–water partition coefficient (Wildman–Crippen LogP) is 1.07. The fourth-order valence-electron chi connectivity index (χ4n) is 2.80. The molecule has 2 aromatic carbocycles. The van der Waals surface area contributed by atoms with Crippen molar-refractivity contribution in [3.63, 3.8) is 0 Å². The molecule has 6 heteroatoms. The lowest BCUT2D eigenvalue weighted by Crippen LogP contribution is -2.55. The Morgan fingerprint density at radius 2 is 1.52 bits per heavy atom. The summed E-state index contributed by atoms with van der Waals surface area (Å²) in [5.74, 6) is -3.46. The number of hydrogen-bond donors (Lipinski definition) is 3. The Kier molecular flexibility index (Phi) is 3.63. The van der Waals surface area contributed by atoms with Crippen LogP contribution in [0.5, 0.6) is 0 Å². The van der Waals surface area contributed by atoms with Crippen LogP contribution in [0, 0.1) is 0 Å². The van der Waals surface area contributed by atoms with Crippen molar-refractivity contribution in [3.8, 4) is 11.1 Å². The van der Waals surface area contributed by atoms with Crippen LogP contribution in [0.15, 0.2) is 48.5 Å². The van der Waals surface area contributed by atoms with Crippen molar-refractivity contribution >= 4 is 11.9 Å². The topological polar surface area (TPSA) is 110 Å². The Morgan fingerprint density at radius 3 is 2.00 bits per heavy atom. The van der Waals surface area contributed by atoms with Gasteiger partial charge in [0.1, 0.15) is 6.61 Å². The van der Waals surface area contributed by atoms with Crippen LogP contribution in [0.25, 0.3) is 11.1 Å². The molecule has 118 valence electrons. The highest BCUT2D eigenvalue weighted by atomic mass is 16.6.